The summed E-state index contributed by atoms with van der Waals surface area (Å²) in [4.78, 5) is 32.5. The van der Waals surface area contributed by atoms with Crippen molar-refractivity contribution in [2.45, 2.75) is 33.3 Å². The van der Waals surface area contributed by atoms with Crippen molar-refractivity contribution in [3.05, 3.63) is 81.2 Å². The van der Waals surface area contributed by atoms with Crippen LogP contribution >= 0.6 is 0 Å². The zero-order valence-corrected chi connectivity index (χ0v) is 25.0. The van der Waals surface area contributed by atoms with Gasteiger partial charge in [-0.3, -0.25) is 0 Å². The summed E-state index contributed by atoms with van der Waals surface area (Å²) >= 11 is 0. The van der Waals surface area contributed by atoms with Crippen LogP contribution in [0.1, 0.15) is 35.6 Å². The van der Waals surface area contributed by atoms with Crippen LogP contribution in [0.5, 0.6) is 0 Å². The molecule has 1 atom stereocenters. The third kappa shape index (κ3) is 10.1. The maximum Gasteiger partial charge on any atom is 0.349 e. The van der Waals surface area contributed by atoms with Gasteiger partial charge in [-0.1, -0.05) is 12.1 Å². The second kappa shape index (κ2) is 16.6. The molecule has 10 nitrogen and oxygen atoms in total. The number of aryl methyl sites for hydroxylation is 2. The van der Waals surface area contributed by atoms with Crippen LogP contribution in [0.3, 0.4) is 0 Å². The number of anilines is 2. The molecule has 2 rings (SSSR count). The van der Waals surface area contributed by atoms with Gasteiger partial charge in [0.15, 0.2) is 0 Å². The highest BCUT2D eigenvalue weighted by molar-refractivity contribution is 5.99. The molecule has 0 heterocycles. The standard InChI is InChI=1S/C33H34N6O4/c1-23-16-30(38(5)14-7-12-34)10-8-26(23)18-28(20-35)32(40)42-22-25(3)43-33(41)29(21-36)19-27-9-11-31(17-24(27)2)39(6)15-13-37-4/h8-11,16-19,25H,7,13-15,22H2,1-3,5-6H3/b28-18+,29-19+. The second-order valence-corrected chi connectivity index (χ2v) is 9.87. The van der Waals surface area contributed by atoms with E-state index in [1.54, 1.807) is 12.1 Å². The van der Waals surface area contributed by atoms with Crippen molar-refractivity contribution in [2.75, 3.05) is 50.1 Å². The fourth-order valence-electron chi connectivity index (χ4n) is 3.93. The quantitative estimate of drug-likeness (QED) is 0.139. The van der Waals surface area contributed by atoms with E-state index in [0.29, 0.717) is 37.2 Å². The molecule has 1 unspecified atom stereocenters. The first-order valence-electron chi connectivity index (χ1n) is 13.5. The molecule has 0 saturated carbocycles. The van der Waals surface area contributed by atoms with Crippen LogP contribution in [0.15, 0.2) is 47.5 Å². The number of hydrogen-bond donors (Lipinski definition) is 0. The summed E-state index contributed by atoms with van der Waals surface area (Å²) < 4.78 is 10.5. The zero-order valence-electron chi connectivity index (χ0n) is 25.0. The van der Waals surface area contributed by atoms with Gasteiger partial charge in [0.1, 0.15) is 36.0 Å². The SMILES string of the molecule is [C-]#[N+]CCN(C)c1ccc(/C=C(\C#N)C(=O)OC(C)COC(=O)/C(C#N)=C/c2ccc(N(C)CCC#N)cc2C)c(C)c1. The largest absolute Gasteiger partial charge is 0.458 e. The number of likely N-dealkylation sites (N-methyl/N-ethyl adjacent to an activating group) is 1. The molecular formula is C33H34N6O4. The number of benzene rings is 2. The average molecular weight is 579 g/mol. The summed E-state index contributed by atoms with van der Waals surface area (Å²) in [5.74, 6) is -1.73. The Hall–Kier alpha value is -5.58. The van der Waals surface area contributed by atoms with E-state index in [1.807, 2.05) is 74.1 Å². The number of nitrogens with zero attached hydrogens (tertiary/aromatic N) is 6. The highest BCUT2D eigenvalue weighted by atomic mass is 16.6. The molecule has 2 aromatic carbocycles. The molecule has 43 heavy (non-hydrogen) atoms. The first-order chi connectivity index (χ1) is 20.5. The van der Waals surface area contributed by atoms with E-state index in [2.05, 4.69) is 10.9 Å². The van der Waals surface area contributed by atoms with Crippen LogP contribution in [-0.4, -0.2) is 58.4 Å². The lowest BCUT2D eigenvalue weighted by Gasteiger charge is -2.19. The van der Waals surface area contributed by atoms with Crippen molar-refractivity contribution < 1.29 is 19.1 Å². The van der Waals surface area contributed by atoms with Gasteiger partial charge in [-0.25, -0.2) is 16.2 Å². The lowest BCUT2D eigenvalue weighted by atomic mass is 10.0. The Morgan fingerprint density at radius 1 is 0.907 bits per heavy atom. The highest BCUT2D eigenvalue weighted by Crippen LogP contribution is 2.22. The van der Waals surface area contributed by atoms with Crippen molar-refractivity contribution in [3.8, 4) is 18.2 Å². The molecule has 0 N–H and O–H groups in total. The summed E-state index contributed by atoms with van der Waals surface area (Å²) in [6.07, 6.45) is 2.38. The van der Waals surface area contributed by atoms with Gasteiger partial charge in [0.25, 0.3) is 0 Å². The van der Waals surface area contributed by atoms with Crippen LogP contribution in [0.4, 0.5) is 11.4 Å². The zero-order chi connectivity index (χ0) is 31.9. The topological polar surface area (TPSA) is 135 Å². The lowest BCUT2D eigenvalue weighted by molar-refractivity contribution is -0.152. The van der Waals surface area contributed by atoms with E-state index >= 15 is 0 Å². The molecule has 0 saturated heterocycles. The maximum absolute atomic E-state index is 12.7. The second-order valence-electron chi connectivity index (χ2n) is 9.87. The van der Waals surface area contributed by atoms with E-state index in [1.165, 1.54) is 19.1 Å². The minimum absolute atomic E-state index is 0.217. The van der Waals surface area contributed by atoms with Crippen LogP contribution in [0, 0.1) is 54.4 Å². The minimum atomic E-state index is -0.877. The molecule has 0 aromatic heterocycles. The van der Waals surface area contributed by atoms with Gasteiger partial charge in [-0.05, 0) is 79.4 Å². The van der Waals surface area contributed by atoms with Crippen molar-refractivity contribution >= 4 is 35.5 Å². The van der Waals surface area contributed by atoms with E-state index in [4.69, 9.17) is 21.3 Å². The number of carbonyl (C=O) groups excluding carboxylic acids is 2. The van der Waals surface area contributed by atoms with Gasteiger partial charge in [0.05, 0.1) is 19.0 Å². The van der Waals surface area contributed by atoms with Crippen molar-refractivity contribution in [1.82, 2.24) is 0 Å². The molecular weight excluding hydrogens is 544 g/mol. The minimum Gasteiger partial charge on any atom is -0.458 e. The van der Waals surface area contributed by atoms with Gasteiger partial charge >= 0.3 is 11.9 Å². The van der Waals surface area contributed by atoms with Crippen molar-refractivity contribution in [1.29, 1.82) is 15.8 Å². The molecule has 0 aliphatic heterocycles. The molecule has 220 valence electrons. The molecule has 10 heteroatoms. The number of hydrogen-bond acceptors (Lipinski definition) is 9. The third-order valence-electron chi connectivity index (χ3n) is 6.53. The number of esters is 2. The summed E-state index contributed by atoms with van der Waals surface area (Å²) in [6, 6.07) is 16.9. The van der Waals surface area contributed by atoms with Gasteiger partial charge in [-0.15, -0.1) is 0 Å². The Labute approximate surface area is 253 Å². The number of ether oxygens (including phenoxy) is 2. The Balaban J connectivity index is 2.03. The Morgan fingerprint density at radius 3 is 1.88 bits per heavy atom. The van der Waals surface area contributed by atoms with E-state index < -0.39 is 18.0 Å². The average Bonchev–Trinajstić information content (AvgIpc) is 2.99. The number of nitriles is 3. The predicted octanol–water partition coefficient (Wildman–Crippen LogP) is 5.00. The normalized spacial score (nSPS) is 11.7. The molecule has 0 aliphatic carbocycles. The first kappa shape index (κ1) is 33.6. The molecule has 0 spiro atoms. The Bertz CT molecular complexity index is 1570. The lowest BCUT2D eigenvalue weighted by Crippen LogP contribution is -2.23. The third-order valence-corrected chi connectivity index (χ3v) is 6.53. The smallest absolute Gasteiger partial charge is 0.349 e. The van der Waals surface area contributed by atoms with Crippen LogP contribution in [0.2, 0.25) is 0 Å². The van der Waals surface area contributed by atoms with Crippen LogP contribution in [-0.2, 0) is 19.1 Å². The molecule has 0 fully saturated rings. The monoisotopic (exact) mass is 578 g/mol. The summed E-state index contributed by atoms with van der Waals surface area (Å²) in [5.41, 5.74) is 4.36. The van der Waals surface area contributed by atoms with Crippen molar-refractivity contribution in [2.24, 2.45) is 0 Å². The Morgan fingerprint density at radius 2 is 1.42 bits per heavy atom. The molecule has 0 radical (unpaired) electrons. The maximum atomic E-state index is 12.7. The highest BCUT2D eigenvalue weighted by Gasteiger charge is 2.19. The predicted molar refractivity (Wildman–Crippen MR) is 164 cm³/mol. The van der Waals surface area contributed by atoms with Gasteiger partial charge < -0.3 is 24.1 Å². The van der Waals surface area contributed by atoms with Gasteiger partial charge in [0, 0.05) is 32.0 Å². The van der Waals surface area contributed by atoms with Crippen LogP contribution in [0.25, 0.3) is 17.0 Å². The summed E-state index contributed by atoms with van der Waals surface area (Å²) in [7, 11) is 3.76. The van der Waals surface area contributed by atoms with Gasteiger partial charge in [-0.2, -0.15) is 15.8 Å². The Kier molecular flexibility index (Phi) is 13.0. The first-order valence-corrected chi connectivity index (χ1v) is 13.5. The number of rotatable bonds is 13. The molecule has 0 aliphatic rings. The fourth-order valence-corrected chi connectivity index (χ4v) is 3.93. The summed E-state index contributed by atoms with van der Waals surface area (Å²) in [6.45, 7) is 13.4. The number of carbonyl (C=O) groups is 2. The van der Waals surface area contributed by atoms with E-state index in [9.17, 15) is 20.1 Å². The molecule has 0 amide bonds. The van der Waals surface area contributed by atoms with Gasteiger partial charge in [0.2, 0.25) is 6.54 Å². The molecule has 0 bridgehead atoms. The summed E-state index contributed by atoms with van der Waals surface area (Å²) in [5, 5.41) is 27.9. The van der Waals surface area contributed by atoms with E-state index in [-0.39, 0.29) is 17.8 Å². The van der Waals surface area contributed by atoms with E-state index in [0.717, 1.165) is 22.5 Å². The fraction of sp³-hybridized carbons (Fsp3) is 0.333. The van der Waals surface area contributed by atoms with Crippen LogP contribution < -0.4 is 9.80 Å². The van der Waals surface area contributed by atoms with Crippen molar-refractivity contribution in [3.63, 3.8) is 0 Å². The molecule has 2 aromatic rings.